The van der Waals surface area contributed by atoms with Gasteiger partial charge in [-0.15, -0.1) is 0 Å². The highest BCUT2D eigenvalue weighted by Gasteiger charge is 2.31. The third kappa shape index (κ3) is 4.79. The molecule has 1 heterocycles. The van der Waals surface area contributed by atoms with E-state index in [1.54, 1.807) is 4.90 Å². The van der Waals surface area contributed by atoms with Crippen LogP contribution >= 0.6 is 24.0 Å². The maximum absolute atomic E-state index is 12.8. The number of carbonyl (C=O) groups excluding carboxylic acids is 1. The summed E-state index contributed by atoms with van der Waals surface area (Å²) < 4.78 is 0.641. The molecule has 1 amide bonds. The number of thiocarbonyl (C=S) groups is 1. The number of thioether (sulfide) groups is 1. The van der Waals surface area contributed by atoms with Gasteiger partial charge in [0.25, 0.3) is 5.91 Å². The Bertz CT molecular complexity index is 827. The van der Waals surface area contributed by atoms with Crippen LogP contribution in [-0.2, 0) is 11.2 Å². The zero-order valence-electron chi connectivity index (χ0n) is 15.7. The number of rotatable bonds is 7. The molecular weight excluding hydrogens is 372 g/mol. The third-order valence-electron chi connectivity index (χ3n) is 4.66. The van der Waals surface area contributed by atoms with Crippen LogP contribution in [0.5, 0.6) is 0 Å². The topological polar surface area (TPSA) is 23.6 Å². The zero-order chi connectivity index (χ0) is 19.2. The number of hydrogen-bond donors (Lipinski definition) is 0. The van der Waals surface area contributed by atoms with E-state index in [0.29, 0.717) is 15.8 Å². The van der Waals surface area contributed by atoms with Crippen LogP contribution in [0, 0.1) is 0 Å². The molecule has 0 bridgehead atoms. The van der Waals surface area contributed by atoms with Crippen LogP contribution < -0.4 is 4.90 Å². The van der Waals surface area contributed by atoms with Gasteiger partial charge in [0.2, 0.25) is 0 Å². The Morgan fingerprint density at radius 2 is 1.70 bits per heavy atom. The average molecular weight is 397 g/mol. The number of amides is 1. The second kappa shape index (κ2) is 9.20. The number of benzene rings is 2. The van der Waals surface area contributed by atoms with Gasteiger partial charge in [-0.3, -0.25) is 9.69 Å². The van der Waals surface area contributed by atoms with E-state index in [1.807, 2.05) is 24.3 Å². The van der Waals surface area contributed by atoms with Gasteiger partial charge in [-0.05, 0) is 49.6 Å². The van der Waals surface area contributed by atoms with E-state index >= 15 is 0 Å². The van der Waals surface area contributed by atoms with E-state index in [4.69, 9.17) is 12.2 Å². The Hall–Kier alpha value is -2.11. The Labute approximate surface area is 171 Å². The van der Waals surface area contributed by atoms with Crippen molar-refractivity contribution in [1.29, 1.82) is 0 Å². The van der Waals surface area contributed by atoms with Crippen molar-refractivity contribution in [3.63, 3.8) is 0 Å². The van der Waals surface area contributed by atoms with Gasteiger partial charge in [-0.1, -0.05) is 66.4 Å². The summed E-state index contributed by atoms with van der Waals surface area (Å²) in [6.07, 6.45) is 2.74. The molecule has 5 heteroatoms. The van der Waals surface area contributed by atoms with E-state index in [-0.39, 0.29) is 5.91 Å². The van der Waals surface area contributed by atoms with Crippen LogP contribution in [0.2, 0.25) is 0 Å². The second-order valence-electron chi connectivity index (χ2n) is 6.33. The number of hydrogen-bond acceptors (Lipinski definition) is 4. The first-order chi connectivity index (χ1) is 13.1. The predicted octanol–water partition coefficient (Wildman–Crippen LogP) is 4.98. The van der Waals surface area contributed by atoms with Gasteiger partial charge in [0, 0.05) is 25.3 Å². The summed E-state index contributed by atoms with van der Waals surface area (Å²) >= 11 is 6.82. The summed E-state index contributed by atoms with van der Waals surface area (Å²) in [5.41, 5.74) is 3.43. The first kappa shape index (κ1) is 19.6. The van der Waals surface area contributed by atoms with E-state index in [2.05, 4.69) is 55.1 Å². The lowest BCUT2D eigenvalue weighted by Gasteiger charge is -2.20. The molecule has 0 atom stereocenters. The minimum atomic E-state index is 0.00810. The summed E-state index contributed by atoms with van der Waals surface area (Å²) in [4.78, 5) is 17.5. The molecule has 0 spiro atoms. The van der Waals surface area contributed by atoms with Crippen molar-refractivity contribution >= 4 is 46.0 Å². The van der Waals surface area contributed by atoms with Crippen LogP contribution in [0.3, 0.4) is 0 Å². The fourth-order valence-electron chi connectivity index (χ4n) is 3.10. The molecule has 0 radical (unpaired) electrons. The number of anilines is 1. The van der Waals surface area contributed by atoms with Crippen molar-refractivity contribution in [1.82, 2.24) is 4.90 Å². The van der Waals surface area contributed by atoms with Crippen molar-refractivity contribution in [2.45, 2.75) is 20.3 Å². The normalized spacial score (nSPS) is 15.6. The first-order valence-corrected chi connectivity index (χ1v) is 10.5. The van der Waals surface area contributed by atoms with E-state index in [0.717, 1.165) is 25.1 Å². The quantitative estimate of drug-likeness (QED) is 0.487. The highest BCUT2D eigenvalue weighted by atomic mass is 32.2. The second-order valence-corrected chi connectivity index (χ2v) is 8.01. The zero-order valence-corrected chi connectivity index (χ0v) is 17.4. The van der Waals surface area contributed by atoms with Gasteiger partial charge in [0.05, 0.1) is 4.91 Å². The molecule has 2 aromatic rings. The third-order valence-corrected chi connectivity index (χ3v) is 6.04. The number of carbonyl (C=O) groups is 1. The molecule has 3 nitrogen and oxygen atoms in total. The largest absolute Gasteiger partial charge is 0.372 e. The summed E-state index contributed by atoms with van der Waals surface area (Å²) in [7, 11) is 0. The van der Waals surface area contributed by atoms with E-state index < -0.39 is 0 Å². The molecule has 0 aromatic heterocycles. The minimum absolute atomic E-state index is 0.00810. The maximum atomic E-state index is 12.8. The lowest BCUT2D eigenvalue weighted by atomic mass is 10.1. The Balaban J connectivity index is 1.68. The Morgan fingerprint density at radius 1 is 1.04 bits per heavy atom. The maximum Gasteiger partial charge on any atom is 0.266 e. The lowest BCUT2D eigenvalue weighted by Crippen LogP contribution is -2.30. The molecule has 1 saturated heterocycles. The first-order valence-electron chi connectivity index (χ1n) is 9.26. The summed E-state index contributed by atoms with van der Waals surface area (Å²) in [6, 6.07) is 18.5. The summed E-state index contributed by atoms with van der Waals surface area (Å²) in [5.74, 6) is 0.00810. The fraction of sp³-hybridized carbons (Fsp3) is 0.273. The SMILES string of the molecule is CCN(CC)c1ccc(/C=C2\SC(=S)N(CCc3ccccc3)C2=O)cc1. The fourth-order valence-corrected chi connectivity index (χ4v) is 4.41. The van der Waals surface area contributed by atoms with Crippen LogP contribution in [0.1, 0.15) is 25.0 Å². The number of nitrogens with zero attached hydrogens (tertiary/aromatic N) is 2. The monoisotopic (exact) mass is 396 g/mol. The molecule has 0 aliphatic carbocycles. The molecule has 2 aromatic carbocycles. The van der Waals surface area contributed by atoms with Crippen molar-refractivity contribution in [2.24, 2.45) is 0 Å². The van der Waals surface area contributed by atoms with Gasteiger partial charge < -0.3 is 4.90 Å². The van der Waals surface area contributed by atoms with E-state index in [9.17, 15) is 4.79 Å². The highest BCUT2D eigenvalue weighted by molar-refractivity contribution is 8.26. The molecule has 1 fully saturated rings. The van der Waals surface area contributed by atoms with E-state index in [1.165, 1.54) is 23.0 Å². The molecule has 0 unspecified atom stereocenters. The summed E-state index contributed by atoms with van der Waals surface area (Å²) in [5, 5.41) is 0. The smallest absolute Gasteiger partial charge is 0.266 e. The molecular formula is C22H24N2OS2. The highest BCUT2D eigenvalue weighted by Crippen LogP contribution is 2.32. The molecule has 27 heavy (non-hydrogen) atoms. The Kier molecular flexibility index (Phi) is 6.69. The van der Waals surface area contributed by atoms with Crippen LogP contribution in [0.15, 0.2) is 59.5 Å². The van der Waals surface area contributed by atoms with Crippen LogP contribution in [0.4, 0.5) is 5.69 Å². The standard InChI is InChI=1S/C22H24N2OS2/c1-3-23(4-2)19-12-10-18(11-13-19)16-20-21(25)24(22(26)27-20)15-14-17-8-6-5-7-9-17/h5-13,16H,3-4,14-15H2,1-2H3/b20-16-. The average Bonchev–Trinajstić information content (AvgIpc) is 2.96. The molecule has 1 aliphatic rings. The van der Waals surface area contributed by atoms with Crippen molar-refractivity contribution in [3.05, 3.63) is 70.6 Å². The van der Waals surface area contributed by atoms with Crippen molar-refractivity contribution in [2.75, 3.05) is 24.5 Å². The van der Waals surface area contributed by atoms with Gasteiger partial charge in [-0.25, -0.2) is 0 Å². The Morgan fingerprint density at radius 3 is 2.33 bits per heavy atom. The molecule has 0 saturated carbocycles. The summed E-state index contributed by atoms with van der Waals surface area (Å²) in [6.45, 7) is 6.88. The minimum Gasteiger partial charge on any atom is -0.372 e. The lowest BCUT2D eigenvalue weighted by molar-refractivity contribution is -0.122. The van der Waals surface area contributed by atoms with Gasteiger partial charge in [0.15, 0.2) is 0 Å². The van der Waals surface area contributed by atoms with Gasteiger partial charge >= 0.3 is 0 Å². The van der Waals surface area contributed by atoms with Gasteiger partial charge in [0.1, 0.15) is 4.32 Å². The van der Waals surface area contributed by atoms with Gasteiger partial charge in [-0.2, -0.15) is 0 Å². The van der Waals surface area contributed by atoms with Crippen molar-refractivity contribution in [3.8, 4) is 0 Å². The molecule has 3 rings (SSSR count). The molecule has 140 valence electrons. The van der Waals surface area contributed by atoms with Crippen LogP contribution in [-0.4, -0.2) is 34.8 Å². The molecule has 0 N–H and O–H groups in total. The molecule has 1 aliphatic heterocycles. The predicted molar refractivity (Wildman–Crippen MR) is 120 cm³/mol. The van der Waals surface area contributed by atoms with Crippen LogP contribution in [0.25, 0.3) is 6.08 Å². The van der Waals surface area contributed by atoms with Crippen molar-refractivity contribution < 1.29 is 4.79 Å².